The van der Waals surface area contributed by atoms with E-state index in [-0.39, 0.29) is 6.54 Å². The predicted molar refractivity (Wildman–Crippen MR) is 114 cm³/mol. The van der Waals surface area contributed by atoms with E-state index in [1.807, 2.05) is 18.2 Å². The van der Waals surface area contributed by atoms with Crippen molar-refractivity contribution in [1.29, 1.82) is 0 Å². The van der Waals surface area contributed by atoms with Crippen LogP contribution in [-0.2, 0) is 22.7 Å². The van der Waals surface area contributed by atoms with E-state index in [9.17, 15) is 21.6 Å². The van der Waals surface area contributed by atoms with Crippen LogP contribution in [0.25, 0.3) is 16.6 Å². The molecule has 1 heterocycles. The largest absolute Gasteiger partial charge is 0.457 e. The Morgan fingerprint density at radius 3 is 2.28 bits per heavy atom. The van der Waals surface area contributed by atoms with Gasteiger partial charge in [-0.2, -0.15) is 18.3 Å². The minimum Gasteiger partial charge on any atom is -0.457 e. The van der Waals surface area contributed by atoms with Gasteiger partial charge in [-0.1, -0.05) is 18.2 Å². The third-order valence-electron chi connectivity index (χ3n) is 4.65. The van der Waals surface area contributed by atoms with Crippen molar-refractivity contribution in [2.75, 3.05) is 6.26 Å². The zero-order valence-corrected chi connectivity index (χ0v) is 17.6. The molecule has 0 amide bonds. The summed E-state index contributed by atoms with van der Waals surface area (Å²) in [6, 6.07) is 18.9. The van der Waals surface area contributed by atoms with E-state index in [0.29, 0.717) is 33.8 Å². The number of hydrogen-bond donors (Lipinski definition) is 1. The molecule has 0 saturated heterocycles. The highest BCUT2D eigenvalue weighted by Crippen LogP contribution is 2.32. The number of fused-ring (bicyclic) bond motifs is 1. The first kappa shape index (κ1) is 21.8. The Morgan fingerprint density at radius 2 is 1.66 bits per heavy atom. The molecule has 4 aromatic rings. The van der Waals surface area contributed by atoms with Gasteiger partial charge in [-0.25, -0.2) is 17.8 Å². The molecule has 1 aromatic heterocycles. The summed E-state index contributed by atoms with van der Waals surface area (Å²) in [5.41, 5.74) is 0.639. The van der Waals surface area contributed by atoms with Gasteiger partial charge in [0.1, 0.15) is 11.5 Å². The van der Waals surface area contributed by atoms with E-state index >= 15 is 0 Å². The van der Waals surface area contributed by atoms with Gasteiger partial charge >= 0.3 is 6.18 Å². The zero-order chi connectivity index (χ0) is 22.9. The van der Waals surface area contributed by atoms with Gasteiger partial charge in [0.15, 0.2) is 0 Å². The Hall–Kier alpha value is -3.37. The van der Waals surface area contributed by atoms with Crippen LogP contribution in [0.4, 0.5) is 13.2 Å². The highest BCUT2D eigenvalue weighted by Gasteiger charge is 2.30. The first-order valence-corrected chi connectivity index (χ1v) is 11.4. The van der Waals surface area contributed by atoms with Crippen molar-refractivity contribution in [2.45, 2.75) is 12.7 Å². The molecule has 32 heavy (non-hydrogen) atoms. The Bertz CT molecular complexity index is 1350. The Balaban J connectivity index is 1.77. The summed E-state index contributed by atoms with van der Waals surface area (Å²) in [5.74, 6) is 1.13. The van der Waals surface area contributed by atoms with Crippen molar-refractivity contribution in [3.8, 4) is 17.2 Å². The molecular formula is C22H18F3N3O3S. The van der Waals surface area contributed by atoms with Gasteiger partial charge in [-0.3, -0.25) is 0 Å². The Kier molecular flexibility index (Phi) is 5.66. The number of hydrogen-bond acceptors (Lipinski definition) is 4. The topological polar surface area (TPSA) is 73.2 Å². The number of para-hydroxylation sites is 1. The molecule has 0 aliphatic rings. The lowest BCUT2D eigenvalue weighted by Gasteiger charge is -2.09. The lowest BCUT2D eigenvalue weighted by molar-refractivity contribution is -0.137. The maximum Gasteiger partial charge on any atom is 0.416 e. The fraction of sp³-hybridized carbons (Fsp3) is 0.136. The second-order valence-corrected chi connectivity index (χ2v) is 8.92. The molecule has 0 fully saturated rings. The number of ether oxygens (including phenoxy) is 1. The molecule has 4 rings (SSSR count). The molecule has 0 aliphatic heterocycles. The van der Waals surface area contributed by atoms with E-state index < -0.39 is 21.8 Å². The molecule has 3 aromatic carbocycles. The summed E-state index contributed by atoms with van der Waals surface area (Å²) in [7, 11) is -3.48. The van der Waals surface area contributed by atoms with E-state index in [0.717, 1.165) is 18.4 Å². The van der Waals surface area contributed by atoms with Gasteiger partial charge in [0.2, 0.25) is 10.0 Å². The molecule has 0 unspecified atom stereocenters. The predicted octanol–water partition coefficient (Wildman–Crippen LogP) is 4.89. The number of sulfonamides is 1. The van der Waals surface area contributed by atoms with Crippen LogP contribution in [-0.4, -0.2) is 24.5 Å². The SMILES string of the molecule is CS(=O)(=O)NCc1nn(-c2ccc(C(F)(F)F)cc2)c2ccc(Oc3ccccc3)cc12. The van der Waals surface area contributed by atoms with Crippen molar-refractivity contribution in [3.05, 3.63) is 84.1 Å². The van der Waals surface area contributed by atoms with Crippen LogP contribution in [0, 0.1) is 0 Å². The summed E-state index contributed by atoms with van der Waals surface area (Å²) < 4.78 is 71.6. The summed E-state index contributed by atoms with van der Waals surface area (Å²) >= 11 is 0. The van der Waals surface area contributed by atoms with Gasteiger partial charge in [0.25, 0.3) is 0 Å². The molecule has 0 radical (unpaired) electrons. The number of nitrogens with one attached hydrogen (secondary N) is 1. The first-order chi connectivity index (χ1) is 15.1. The Labute approximate surface area is 182 Å². The van der Waals surface area contributed by atoms with Crippen LogP contribution in [0.1, 0.15) is 11.3 Å². The van der Waals surface area contributed by atoms with Gasteiger partial charge in [-0.05, 0) is 54.6 Å². The number of aromatic nitrogens is 2. The Morgan fingerprint density at radius 1 is 0.969 bits per heavy atom. The second-order valence-electron chi connectivity index (χ2n) is 7.09. The molecule has 0 aliphatic carbocycles. The van der Waals surface area contributed by atoms with E-state index in [1.54, 1.807) is 30.3 Å². The molecule has 0 atom stereocenters. The average Bonchev–Trinajstić information content (AvgIpc) is 3.10. The molecule has 0 saturated carbocycles. The minimum absolute atomic E-state index is 0.0856. The van der Waals surface area contributed by atoms with Crippen LogP contribution in [0.2, 0.25) is 0 Å². The maximum atomic E-state index is 12.9. The van der Waals surface area contributed by atoms with E-state index in [4.69, 9.17) is 4.74 Å². The lowest BCUT2D eigenvalue weighted by Crippen LogP contribution is -2.21. The average molecular weight is 461 g/mol. The van der Waals surface area contributed by atoms with Crippen LogP contribution >= 0.6 is 0 Å². The number of rotatable bonds is 6. The highest BCUT2D eigenvalue weighted by atomic mass is 32.2. The van der Waals surface area contributed by atoms with Crippen molar-refractivity contribution in [3.63, 3.8) is 0 Å². The normalized spacial score (nSPS) is 12.2. The fourth-order valence-corrected chi connectivity index (χ4v) is 3.56. The summed E-state index contributed by atoms with van der Waals surface area (Å²) in [5, 5.41) is 5.06. The van der Waals surface area contributed by atoms with E-state index in [2.05, 4.69) is 9.82 Å². The molecule has 6 nitrogen and oxygen atoms in total. The quantitative estimate of drug-likeness (QED) is 0.444. The number of alkyl halides is 3. The standard InChI is InChI=1S/C22H18F3N3O3S/c1-32(29,30)26-14-20-19-13-18(31-17-5-3-2-4-6-17)11-12-21(19)28(27-20)16-9-7-15(8-10-16)22(23,24)25/h2-13,26H,14H2,1H3. The summed E-state index contributed by atoms with van der Waals surface area (Å²) in [6.45, 7) is -0.0856. The molecule has 0 spiro atoms. The zero-order valence-electron chi connectivity index (χ0n) is 16.8. The van der Waals surface area contributed by atoms with Crippen LogP contribution in [0.5, 0.6) is 11.5 Å². The molecule has 10 heteroatoms. The van der Waals surface area contributed by atoms with Crippen molar-refractivity contribution in [1.82, 2.24) is 14.5 Å². The van der Waals surface area contributed by atoms with Crippen molar-refractivity contribution in [2.24, 2.45) is 0 Å². The van der Waals surface area contributed by atoms with Crippen LogP contribution in [0.15, 0.2) is 72.8 Å². The first-order valence-electron chi connectivity index (χ1n) is 9.47. The number of nitrogens with zero attached hydrogens (tertiary/aromatic N) is 2. The van der Waals surface area contributed by atoms with Crippen LogP contribution in [0.3, 0.4) is 0 Å². The highest BCUT2D eigenvalue weighted by molar-refractivity contribution is 7.88. The molecular weight excluding hydrogens is 443 g/mol. The van der Waals surface area contributed by atoms with Gasteiger partial charge < -0.3 is 4.74 Å². The maximum absolute atomic E-state index is 12.9. The second kappa shape index (κ2) is 8.29. The smallest absolute Gasteiger partial charge is 0.416 e. The third kappa shape index (κ3) is 4.92. The summed E-state index contributed by atoms with van der Waals surface area (Å²) in [6.07, 6.45) is -3.41. The number of halogens is 3. The van der Waals surface area contributed by atoms with Crippen LogP contribution < -0.4 is 9.46 Å². The van der Waals surface area contributed by atoms with Gasteiger partial charge in [0.05, 0.1) is 35.3 Å². The number of benzene rings is 3. The fourth-order valence-electron chi connectivity index (χ4n) is 3.17. The van der Waals surface area contributed by atoms with E-state index in [1.165, 1.54) is 16.8 Å². The van der Waals surface area contributed by atoms with Gasteiger partial charge in [-0.15, -0.1) is 0 Å². The lowest BCUT2D eigenvalue weighted by atomic mass is 10.2. The molecule has 0 bridgehead atoms. The van der Waals surface area contributed by atoms with Crippen molar-refractivity contribution < 1.29 is 26.3 Å². The monoisotopic (exact) mass is 461 g/mol. The minimum atomic E-state index is -4.45. The summed E-state index contributed by atoms with van der Waals surface area (Å²) in [4.78, 5) is 0. The molecule has 166 valence electrons. The molecule has 1 N–H and O–H groups in total. The van der Waals surface area contributed by atoms with Gasteiger partial charge in [0, 0.05) is 5.39 Å². The van der Waals surface area contributed by atoms with Crippen molar-refractivity contribution >= 4 is 20.9 Å². The third-order valence-corrected chi connectivity index (χ3v) is 5.32.